The number of carbonyl (C=O) groups excluding carboxylic acids is 5. The third-order valence-electron chi connectivity index (χ3n) is 7.87. The molecule has 2 rings (SSSR count). The highest BCUT2D eigenvalue weighted by molar-refractivity contribution is 5.88. The van der Waals surface area contributed by atoms with Crippen LogP contribution in [0.25, 0.3) is 0 Å². The summed E-state index contributed by atoms with van der Waals surface area (Å²) in [5.74, 6) is -2.18. The number of carbonyl (C=O) groups is 6. The highest BCUT2D eigenvalue weighted by Gasteiger charge is 2.24. The van der Waals surface area contributed by atoms with Crippen LogP contribution in [0.2, 0.25) is 0 Å². The summed E-state index contributed by atoms with van der Waals surface area (Å²) >= 11 is 0. The van der Waals surface area contributed by atoms with E-state index in [9.17, 15) is 28.8 Å². The number of ketones is 2. The van der Waals surface area contributed by atoms with Crippen molar-refractivity contribution in [3.8, 4) is 0 Å². The molecule has 2 aromatic rings. The number of hydrogen-bond donors (Lipinski definition) is 3. The smallest absolute Gasteiger partial charge is 0.408 e. The van der Waals surface area contributed by atoms with Crippen molar-refractivity contribution in [1.29, 1.82) is 0 Å². The van der Waals surface area contributed by atoms with Gasteiger partial charge in [-0.1, -0.05) is 72.8 Å². The number of nitrogens with one attached hydrogen (secondary N) is 2. The zero-order chi connectivity index (χ0) is 41.6. The summed E-state index contributed by atoms with van der Waals surface area (Å²) in [5.41, 5.74) is 1.01. The fraction of sp³-hybridized carbons (Fsp3) is 0.488. The van der Waals surface area contributed by atoms with E-state index < -0.39 is 47.4 Å². The molecule has 302 valence electrons. The minimum absolute atomic E-state index is 0.126. The summed E-state index contributed by atoms with van der Waals surface area (Å²) in [6, 6.07) is 18.3. The third kappa shape index (κ3) is 23.9. The summed E-state index contributed by atoms with van der Waals surface area (Å²) < 4.78 is 15.0. The minimum Gasteiger partial charge on any atom is -0.478 e. The molecule has 0 aliphatic carbocycles. The number of alkyl carbamates (subject to hydrolysis) is 2. The van der Waals surface area contributed by atoms with Gasteiger partial charge in [0.2, 0.25) is 0 Å². The molecule has 4 atom stereocenters. The Kier molecular flexibility index (Phi) is 21.0. The molecule has 2 aromatic carbocycles. The molecule has 0 aliphatic rings. The molecule has 3 N–H and O–H groups in total. The van der Waals surface area contributed by atoms with E-state index in [1.165, 1.54) is 13.2 Å². The van der Waals surface area contributed by atoms with Crippen LogP contribution in [0.1, 0.15) is 92.2 Å². The molecule has 0 aromatic heterocycles. The van der Waals surface area contributed by atoms with Crippen LogP contribution in [0, 0.1) is 11.8 Å². The van der Waals surface area contributed by atoms with Crippen LogP contribution in [-0.4, -0.2) is 71.2 Å². The van der Waals surface area contributed by atoms with Crippen molar-refractivity contribution >= 4 is 35.7 Å². The Hall–Kier alpha value is -5.26. The van der Waals surface area contributed by atoms with E-state index in [0.29, 0.717) is 12.8 Å². The number of carboxylic acids is 1. The molecular formula is C43H60N2O10. The standard InChI is InChI=1S/C22H31NO5.C21H29NO5/c1-16(23-21(26)28-22(2,3)4)19(24)15-18(13-14-20(25)27-5)12-11-17-9-7-6-8-10-17;1-15(22-20(26)27-21(2,3)4)18(23)14-17(12-13-19(24)25)11-10-16-8-6-5-7-9-16/h6-10,13-14,16,18H,11-12,15H2,1-5H3,(H,23,26);5-9,12-13,15,17H,10-11,14H2,1-4H3,(H,22,26)(H,24,25)/b14-13+;13-12+/t16-,18-;15-,17-/m00/s1. The number of aryl methyl sites for hydroxylation is 2. The Morgan fingerprint density at radius 3 is 1.33 bits per heavy atom. The highest BCUT2D eigenvalue weighted by atomic mass is 16.6. The maximum absolute atomic E-state index is 12.6. The van der Waals surface area contributed by atoms with Gasteiger partial charge in [-0.25, -0.2) is 19.2 Å². The van der Waals surface area contributed by atoms with Gasteiger partial charge in [0.05, 0.1) is 19.2 Å². The van der Waals surface area contributed by atoms with Crippen LogP contribution >= 0.6 is 0 Å². The Labute approximate surface area is 326 Å². The van der Waals surface area contributed by atoms with Gasteiger partial charge in [-0.05, 0) is 104 Å². The van der Waals surface area contributed by atoms with Crippen molar-refractivity contribution in [2.45, 2.75) is 117 Å². The van der Waals surface area contributed by atoms with Crippen molar-refractivity contribution in [2.75, 3.05) is 7.11 Å². The number of esters is 1. The quantitative estimate of drug-likeness (QED) is 0.0780. The minimum atomic E-state index is -1.05. The van der Waals surface area contributed by atoms with Crippen LogP contribution in [-0.2, 0) is 46.2 Å². The van der Waals surface area contributed by atoms with Gasteiger partial charge >= 0.3 is 24.1 Å². The van der Waals surface area contributed by atoms with E-state index in [1.54, 1.807) is 67.5 Å². The first-order chi connectivity index (χ1) is 25.7. The van der Waals surface area contributed by atoms with Gasteiger partial charge < -0.3 is 30.0 Å². The molecule has 0 fully saturated rings. The summed E-state index contributed by atoms with van der Waals surface area (Å²) in [6.45, 7) is 13.7. The lowest BCUT2D eigenvalue weighted by molar-refractivity contribution is -0.135. The monoisotopic (exact) mass is 764 g/mol. The SMILES string of the molecule is COC(=O)/C=C/[C@H](CCc1ccccc1)CC(=O)[C@H](C)NC(=O)OC(C)(C)C.C[C@H](NC(=O)OC(C)(C)C)C(=O)C[C@H](/C=C/C(=O)O)CCc1ccccc1. The van der Waals surface area contributed by atoms with Crippen LogP contribution in [0.5, 0.6) is 0 Å². The van der Waals surface area contributed by atoms with E-state index in [2.05, 4.69) is 15.4 Å². The fourth-order valence-corrected chi connectivity index (χ4v) is 5.03. The highest BCUT2D eigenvalue weighted by Crippen LogP contribution is 2.19. The van der Waals surface area contributed by atoms with Crippen LogP contribution in [0.3, 0.4) is 0 Å². The molecule has 12 heteroatoms. The average molecular weight is 765 g/mol. The second kappa shape index (κ2) is 24.2. The molecule has 0 spiro atoms. The Bertz CT molecular complexity index is 1570. The number of rotatable bonds is 18. The largest absolute Gasteiger partial charge is 0.478 e. The first-order valence-corrected chi connectivity index (χ1v) is 18.5. The van der Waals surface area contributed by atoms with Crippen molar-refractivity contribution in [2.24, 2.45) is 11.8 Å². The van der Waals surface area contributed by atoms with Gasteiger partial charge in [0.25, 0.3) is 0 Å². The molecule has 0 aliphatic heterocycles. The predicted octanol–water partition coefficient (Wildman–Crippen LogP) is 7.59. The van der Waals surface area contributed by atoms with Crippen molar-refractivity contribution in [3.63, 3.8) is 0 Å². The summed E-state index contributed by atoms with van der Waals surface area (Å²) in [5, 5.41) is 14.0. The van der Waals surface area contributed by atoms with Crippen LogP contribution < -0.4 is 10.6 Å². The molecule has 2 amide bonds. The van der Waals surface area contributed by atoms with Gasteiger partial charge in [-0.2, -0.15) is 0 Å². The normalized spacial score (nSPS) is 13.7. The lowest BCUT2D eigenvalue weighted by Crippen LogP contribution is -2.42. The maximum Gasteiger partial charge on any atom is 0.408 e. The van der Waals surface area contributed by atoms with E-state index in [-0.39, 0.29) is 36.2 Å². The average Bonchev–Trinajstić information content (AvgIpc) is 3.09. The first kappa shape index (κ1) is 47.8. The van der Waals surface area contributed by atoms with E-state index >= 15 is 0 Å². The fourth-order valence-electron chi connectivity index (χ4n) is 5.03. The van der Waals surface area contributed by atoms with Crippen molar-refractivity contribution < 1.29 is 48.1 Å². The molecular weight excluding hydrogens is 704 g/mol. The number of Topliss-reactive ketones (excluding diaryl/α,β-unsaturated/α-hetero) is 2. The number of amides is 2. The summed E-state index contributed by atoms with van der Waals surface area (Å²) in [4.78, 5) is 70.9. The molecule has 0 radical (unpaired) electrons. The van der Waals surface area contributed by atoms with Crippen molar-refractivity contribution in [3.05, 3.63) is 96.1 Å². The third-order valence-corrected chi connectivity index (χ3v) is 7.87. The zero-order valence-corrected chi connectivity index (χ0v) is 33.8. The van der Waals surface area contributed by atoms with E-state index in [4.69, 9.17) is 14.6 Å². The molecule has 0 saturated heterocycles. The van der Waals surface area contributed by atoms with Gasteiger partial charge in [-0.15, -0.1) is 0 Å². The molecule has 0 bridgehead atoms. The molecule has 55 heavy (non-hydrogen) atoms. The number of aliphatic carboxylic acids is 1. The zero-order valence-electron chi connectivity index (χ0n) is 33.8. The number of allylic oxidation sites excluding steroid dienone is 2. The Balaban J connectivity index is 0.000000550. The maximum atomic E-state index is 12.6. The summed E-state index contributed by atoms with van der Waals surface area (Å²) in [6.07, 6.45) is 7.57. The first-order valence-electron chi connectivity index (χ1n) is 18.5. The van der Waals surface area contributed by atoms with Gasteiger partial charge in [0, 0.05) is 25.0 Å². The molecule has 0 unspecified atom stereocenters. The topological polar surface area (TPSA) is 174 Å². The Morgan fingerprint density at radius 2 is 1.00 bits per heavy atom. The lowest BCUT2D eigenvalue weighted by atomic mass is 9.92. The van der Waals surface area contributed by atoms with Gasteiger partial charge in [-0.3, -0.25) is 9.59 Å². The second-order valence-corrected chi connectivity index (χ2v) is 15.2. The Morgan fingerprint density at radius 1 is 0.636 bits per heavy atom. The van der Waals surface area contributed by atoms with Gasteiger partial charge in [0.15, 0.2) is 11.6 Å². The summed E-state index contributed by atoms with van der Waals surface area (Å²) in [7, 11) is 1.31. The van der Waals surface area contributed by atoms with E-state index in [1.807, 2.05) is 60.7 Å². The number of ether oxygens (including phenoxy) is 3. The lowest BCUT2D eigenvalue weighted by Gasteiger charge is -2.22. The number of carboxylic acid groups (broad SMARTS) is 1. The predicted molar refractivity (Wildman–Crippen MR) is 211 cm³/mol. The molecule has 12 nitrogen and oxygen atoms in total. The number of methoxy groups -OCH3 is 1. The van der Waals surface area contributed by atoms with Crippen molar-refractivity contribution in [1.82, 2.24) is 10.6 Å². The number of benzene rings is 2. The number of hydrogen-bond acceptors (Lipinski definition) is 9. The van der Waals surface area contributed by atoms with Crippen LogP contribution in [0.4, 0.5) is 9.59 Å². The second-order valence-electron chi connectivity index (χ2n) is 15.2. The molecule has 0 heterocycles. The molecule has 0 saturated carbocycles. The van der Waals surface area contributed by atoms with Crippen LogP contribution in [0.15, 0.2) is 85.0 Å². The van der Waals surface area contributed by atoms with E-state index in [0.717, 1.165) is 30.0 Å². The van der Waals surface area contributed by atoms with Gasteiger partial charge in [0.1, 0.15) is 11.2 Å².